The van der Waals surface area contributed by atoms with Crippen LogP contribution in [0, 0.1) is 0 Å². The van der Waals surface area contributed by atoms with Crippen molar-refractivity contribution in [2.45, 2.75) is 22.7 Å². The zero-order valence-corrected chi connectivity index (χ0v) is 19.6. The Hall–Kier alpha value is -2.56. The Balaban J connectivity index is 1.96. The van der Waals surface area contributed by atoms with Gasteiger partial charge in [-0.05, 0) is 22.8 Å². The van der Waals surface area contributed by atoms with Crippen molar-refractivity contribution in [2.24, 2.45) is 5.73 Å². The molecule has 0 saturated carbocycles. The summed E-state index contributed by atoms with van der Waals surface area (Å²) in [5.74, 6) is -0.499. The number of hydrogen-bond acceptors (Lipinski definition) is 5. The molecular formula is C23H27N3O4S2. The molecule has 0 aliphatic rings. The molecule has 2 unspecified atom stereocenters. The lowest BCUT2D eigenvalue weighted by Gasteiger charge is -2.26. The standard InChI is InChI=1S/C23H27N3O4S2/c1-26(2)32(29,30)21-16-10-9-15-20(21)17-31(27,28)25-23(19-13-7-4-8-14-19)22(24)18-11-5-3-6-12-18/h3-16,22-23,25H,17,24H2,1-2H3. The van der Waals surface area contributed by atoms with Gasteiger partial charge in [0.05, 0.1) is 22.7 Å². The van der Waals surface area contributed by atoms with Gasteiger partial charge >= 0.3 is 0 Å². The van der Waals surface area contributed by atoms with Crippen molar-refractivity contribution in [3.8, 4) is 0 Å². The van der Waals surface area contributed by atoms with Crippen LogP contribution in [0.2, 0.25) is 0 Å². The first kappa shape index (κ1) is 24.1. The largest absolute Gasteiger partial charge is 0.322 e. The summed E-state index contributed by atoms with van der Waals surface area (Å²) in [7, 11) is -4.95. The SMILES string of the molecule is CN(C)S(=O)(=O)c1ccccc1CS(=O)(=O)NC(c1ccccc1)C(N)c1ccccc1. The van der Waals surface area contributed by atoms with E-state index in [1.54, 1.807) is 24.3 Å². The van der Waals surface area contributed by atoms with Crippen LogP contribution in [-0.2, 0) is 25.8 Å². The van der Waals surface area contributed by atoms with Gasteiger partial charge in [0.2, 0.25) is 20.0 Å². The molecule has 9 heteroatoms. The lowest BCUT2D eigenvalue weighted by atomic mass is 9.95. The highest BCUT2D eigenvalue weighted by atomic mass is 32.2. The molecule has 0 radical (unpaired) electrons. The van der Waals surface area contributed by atoms with Crippen LogP contribution in [0.3, 0.4) is 0 Å². The lowest BCUT2D eigenvalue weighted by Crippen LogP contribution is -2.37. The van der Waals surface area contributed by atoms with Crippen molar-refractivity contribution >= 4 is 20.0 Å². The predicted octanol–water partition coefficient (Wildman–Crippen LogP) is 2.80. The second-order valence-electron chi connectivity index (χ2n) is 7.60. The number of rotatable bonds is 9. The highest BCUT2D eigenvalue weighted by Crippen LogP contribution is 2.28. The van der Waals surface area contributed by atoms with E-state index in [4.69, 9.17) is 5.73 Å². The maximum atomic E-state index is 13.2. The molecule has 3 rings (SSSR count). The number of nitrogens with two attached hydrogens (primary N) is 1. The van der Waals surface area contributed by atoms with Crippen LogP contribution >= 0.6 is 0 Å². The molecule has 3 N–H and O–H groups in total. The summed E-state index contributed by atoms with van der Waals surface area (Å²) >= 11 is 0. The second-order valence-corrected chi connectivity index (χ2v) is 11.5. The number of sulfonamides is 2. The van der Waals surface area contributed by atoms with Crippen molar-refractivity contribution in [1.82, 2.24) is 9.03 Å². The third kappa shape index (κ3) is 5.62. The van der Waals surface area contributed by atoms with Crippen LogP contribution in [0.15, 0.2) is 89.8 Å². The highest BCUT2D eigenvalue weighted by Gasteiger charge is 2.29. The van der Waals surface area contributed by atoms with Crippen LogP contribution in [0.1, 0.15) is 28.8 Å². The Morgan fingerprint density at radius 2 is 1.28 bits per heavy atom. The average molecular weight is 474 g/mol. The van der Waals surface area contributed by atoms with E-state index in [-0.39, 0.29) is 10.5 Å². The molecule has 3 aromatic carbocycles. The molecule has 3 aromatic rings. The minimum absolute atomic E-state index is 0.0426. The number of nitrogens with one attached hydrogen (secondary N) is 1. The van der Waals surface area contributed by atoms with Gasteiger partial charge in [0.25, 0.3) is 0 Å². The van der Waals surface area contributed by atoms with Crippen molar-refractivity contribution in [1.29, 1.82) is 0 Å². The first-order valence-electron chi connectivity index (χ1n) is 9.98. The summed E-state index contributed by atoms with van der Waals surface area (Å²) in [6.45, 7) is 0. The van der Waals surface area contributed by atoms with Gasteiger partial charge in [0.1, 0.15) is 0 Å². The van der Waals surface area contributed by atoms with Crippen LogP contribution in [0.5, 0.6) is 0 Å². The zero-order valence-electron chi connectivity index (χ0n) is 17.9. The number of nitrogens with zero attached hydrogens (tertiary/aromatic N) is 1. The van der Waals surface area contributed by atoms with Crippen LogP contribution in [-0.4, -0.2) is 35.2 Å². The molecule has 0 heterocycles. The van der Waals surface area contributed by atoms with E-state index in [1.807, 2.05) is 48.5 Å². The summed E-state index contributed by atoms with van der Waals surface area (Å²) in [6.07, 6.45) is 0. The van der Waals surface area contributed by atoms with Crippen LogP contribution in [0.25, 0.3) is 0 Å². The quantitative estimate of drug-likeness (QED) is 0.497. The Morgan fingerprint density at radius 3 is 1.84 bits per heavy atom. The summed E-state index contributed by atoms with van der Waals surface area (Å²) in [5.41, 5.74) is 8.16. The molecule has 32 heavy (non-hydrogen) atoms. The molecule has 7 nitrogen and oxygen atoms in total. The molecule has 0 fully saturated rings. The maximum absolute atomic E-state index is 13.2. The first-order chi connectivity index (χ1) is 15.1. The zero-order chi connectivity index (χ0) is 23.4. The van der Waals surface area contributed by atoms with E-state index in [1.165, 1.54) is 26.2 Å². The minimum Gasteiger partial charge on any atom is -0.322 e. The second kappa shape index (κ2) is 9.93. The summed E-state index contributed by atoms with van der Waals surface area (Å²) in [5, 5.41) is 0. The molecule has 0 aromatic heterocycles. The van der Waals surface area contributed by atoms with E-state index >= 15 is 0 Å². The Kier molecular flexibility index (Phi) is 7.47. The van der Waals surface area contributed by atoms with Gasteiger partial charge in [-0.25, -0.2) is 25.9 Å². The smallest absolute Gasteiger partial charge is 0.242 e. The van der Waals surface area contributed by atoms with Crippen LogP contribution < -0.4 is 10.5 Å². The van der Waals surface area contributed by atoms with Gasteiger partial charge in [-0.15, -0.1) is 0 Å². The molecule has 170 valence electrons. The molecular weight excluding hydrogens is 446 g/mol. The van der Waals surface area contributed by atoms with Crippen molar-refractivity contribution in [3.05, 3.63) is 102 Å². The van der Waals surface area contributed by atoms with Gasteiger partial charge < -0.3 is 5.73 Å². The fourth-order valence-corrected chi connectivity index (χ4v) is 6.01. The predicted molar refractivity (Wildman–Crippen MR) is 126 cm³/mol. The van der Waals surface area contributed by atoms with Gasteiger partial charge in [0, 0.05) is 14.1 Å². The van der Waals surface area contributed by atoms with Crippen molar-refractivity contribution in [3.63, 3.8) is 0 Å². The highest BCUT2D eigenvalue weighted by molar-refractivity contribution is 7.89. The molecule has 2 atom stereocenters. The van der Waals surface area contributed by atoms with Crippen molar-refractivity contribution < 1.29 is 16.8 Å². The topological polar surface area (TPSA) is 110 Å². The summed E-state index contributed by atoms with van der Waals surface area (Å²) < 4.78 is 55.5. The lowest BCUT2D eigenvalue weighted by molar-refractivity contribution is 0.503. The minimum atomic E-state index is -3.96. The fraction of sp³-hybridized carbons (Fsp3) is 0.217. The first-order valence-corrected chi connectivity index (χ1v) is 13.1. The van der Waals surface area contributed by atoms with E-state index in [0.29, 0.717) is 5.56 Å². The summed E-state index contributed by atoms with van der Waals surface area (Å²) in [6, 6.07) is 23.0. The molecule has 0 saturated heterocycles. The normalized spacial score (nSPS) is 14.2. The molecule has 0 aliphatic carbocycles. The third-order valence-corrected chi connectivity index (χ3v) is 8.31. The van der Waals surface area contributed by atoms with Crippen molar-refractivity contribution in [2.75, 3.05) is 14.1 Å². The van der Waals surface area contributed by atoms with Gasteiger partial charge in [0.15, 0.2) is 0 Å². The third-order valence-electron chi connectivity index (χ3n) is 5.09. The Morgan fingerprint density at radius 1 is 0.781 bits per heavy atom. The van der Waals surface area contributed by atoms with Gasteiger partial charge in [-0.2, -0.15) is 0 Å². The molecule has 0 bridgehead atoms. The number of benzene rings is 3. The molecule has 0 spiro atoms. The monoisotopic (exact) mass is 473 g/mol. The Bertz CT molecular complexity index is 1250. The maximum Gasteiger partial charge on any atom is 0.242 e. The van der Waals surface area contributed by atoms with E-state index < -0.39 is 37.9 Å². The average Bonchev–Trinajstić information content (AvgIpc) is 2.78. The molecule has 0 amide bonds. The van der Waals surface area contributed by atoms with E-state index in [0.717, 1.165) is 9.87 Å². The van der Waals surface area contributed by atoms with E-state index in [9.17, 15) is 16.8 Å². The van der Waals surface area contributed by atoms with Gasteiger partial charge in [-0.1, -0.05) is 78.9 Å². The number of hydrogen-bond donors (Lipinski definition) is 2. The molecule has 0 aliphatic heterocycles. The fourth-order valence-electron chi connectivity index (χ4n) is 3.39. The van der Waals surface area contributed by atoms with Crippen LogP contribution in [0.4, 0.5) is 0 Å². The van der Waals surface area contributed by atoms with E-state index in [2.05, 4.69) is 4.72 Å². The summed E-state index contributed by atoms with van der Waals surface area (Å²) in [4.78, 5) is -0.0426. The Labute approximate surface area is 190 Å². The van der Waals surface area contributed by atoms with Gasteiger partial charge in [-0.3, -0.25) is 0 Å².